The fourth-order valence-electron chi connectivity index (χ4n) is 3.12. The SMILES string of the molecule is O=C1CCCc2cccc(CCCc3ccccc3)c21. The average Bonchev–Trinajstić information content (AvgIpc) is 2.49. The maximum absolute atomic E-state index is 12.1. The minimum absolute atomic E-state index is 0.349. The quantitative estimate of drug-likeness (QED) is 0.801. The molecule has 0 heterocycles. The van der Waals surface area contributed by atoms with Gasteiger partial charge in [0, 0.05) is 12.0 Å². The van der Waals surface area contributed by atoms with Crippen LogP contribution in [0.3, 0.4) is 0 Å². The van der Waals surface area contributed by atoms with E-state index >= 15 is 0 Å². The second-order valence-corrected chi connectivity index (χ2v) is 5.57. The molecule has 1 aliphatic rings. The Bertz CT molecular complexity index is 598. The Labute approximate surface area is 120 Å². The third-order valence-corrected chi connectivity index (χ3v) is 4.12. The van der Waals surface area contributed by atoms with E-state index in [1.54, 1.807) is 0 Å². The Morgan fingerprint density at radius 2 is 1.70 bits per heavy atom. The molecule has 102 valence electrons. The topological polar surface area (TPSA) is 17.1 Å². The molecule has 20 heavy (non-hydrogen) atoms. The molecule has 0 amide bonds. The molecule has 0 radical (unpaired) electrons. The van der Waals surface area contributed by atoms with Gasteiger partial charge in [-0.1, -0.05) is 48.5 Å². The Kier molecular flexibility index (Phi) is 3.96. The van der Waals surface area contributed by atoms with Crippen LogP contribution in [0.2, 0.25) is 0 Å². The normalized spacial score (nSPS) is 14.1. The van der Waals surface area contributed by atoms with E-state index in [1.807, 2.05) is 0 Å². The molecule has 2 aromatic carbocycles. The molecule has 1 nitrogen and oxygen atoms in total. The molecule has 0 bridgehead atoms. The van der Waals surface area contributed by atoms with Crippen LogP contribution in [0.25, 0.3) is 0 Å². The number of aryl methyl sites for hydroxylation is 3. The third-order valence-electron chi connectivity index (χ3n) is 4.12. The summed E-state index contributed by atoms with van der Waals surface area (Å²) in [5, 5.41) is 0. The van der Waals surface area contributed by atoms with Crippen LogP contribution in [0.15, 0.2) is 48.5 Å². The van der Waals surface area contributed by atoms with Gasteiger partial charge < -0.3 is 0 Å². The lowest BCUT2D eigenvalue weighted by molar-refractivity contribution is 0.0971. The summed E-state index contributed by atoms with van der Waals surface area (Å²) in [7, 11) is 0. The van der Waals surface area contributed by atoms with Gasteiger partial charge >= 0.3 is 0 Å². The number of carbonyl (C=O) groups excluding carboxylic acids is 1. The summed E-state index contributed by atoms with van der Waals surface area (Å²) >= 11 is 0. The molecule has 1 heteroatoms. The van der Waals surface area contributed by atoms with Crippen LogP contribution in [-0.4, -0.2) is 5.78 Å². The first-order valence-corrected chi connectivity index (χ1v) is 7.52. The molecule has 0 aliphatic heterocycles. The minimum atomic E-state index is 0.349. The Hall–Kier alpha value is -1.89. The van der Waals surface area contributed by atoms with Crippen LogP contribution in [0.1, 0.15) is 46.3 Å². The number of hydrogen-bond donors (Lipinski definition) is 0. The second-order valence-electron chi connectivity index (χ2n) is 5.57. The summed E-state index contributed by atoms with van der Waals surface area (Å²) in [6, 6.07) is 16.9. The monoisotopic (exact) mass is 264 g/mol. The molecule has 0 aromatic heterocycles. The van der Waals surface area contributed by atoms with Crippen molar-refractivity contribution in [2.75, 3.05) is 0 Å². The van der Waals surface area contributed by atoms with Gasteiger partial charge in [-0.2, -0.15) is 0 Å². The molecule has 0 saturated carbocycles. The van der Waals surface area contributed by atoms with Gasteiger partial charge in [0.05, 0.1) is 0 Å². The number of hydrogen-bond acceptors (Lipinski definition) is 1. The summed E-state index contributed by atoms with van der Waals surface area (Å²) in [4.78, 5) is 12.1. The van der Waals surface area contributed by atoms with Crippen molar-refractivity contribution in [2.45, 2.75) is 38.5 Å². The van der Waals surface area contributed by atoms with Crippen LogP contribution in [0.5, 0.6) is 0 Å². The van der Waals surface area contributed by atoms with E-state index < -0.39 is 0 Å². The van der Waals surface area contributed by atoms with Gasteiger partial charge in [0.1, 0.15) is 0 Å². The summed E-state index contributed by atoms with van der Waals surface area (Å²) < 4.78 is 0. The van der Waals surface area contributed by atoms with E-state index in [2.05, 4.69) is 48.5 Å². The molecular formula is C19H20O. The van der Waals surface area contributed by atoms with Crippen LogP contribution >= 0.6 is 0 Å². The highest BCUT2D eigenvalue weighted by molar-refractivity contribution is 5.99. The summed E-state index contributed by atoms with van der Waals surface area (Å²) in [5.41, 5.74) is 4.93. The van der Waals surface area contributed by atoms with Crippen molar-refractivity contribution in [3.63, 3.8) is 0 Å². The highest BCUT2D eigenvalue weighted by Gasteiger charge is 2.19. The van der Waals surface area contributed by atoms with Gasteiger partial charge in [0.2, 0.25) is 0 Å². The molecule has 0 unspecified atom stereocenters. The predicted molar refractivity (Wildman–Crippen MR) is 82.2 cm³/mol. The molecule has 0 atom stereocenters. The zero-order valence-corrected chi connectivity index (χ0v) is 11.8. The molecule has 1 aliphatic carbocycles. The number of fused-ring (bicyclic) bond motifs is 1. The standard InChI is InChI=1S/C19H20O/c20-18-14-6-13-17-12-5-11-16(19(17)18)10-4-9-15-7-2-1-3-8-15/h1-3,5,7-8,11-12H,4,6,9-10,13-14H2. The van der Waals surface area contributed by atoms with E-state index in [1.165, 1.54) is 16.7 Å². The fraction of sp³-hybridized carbons (Fsp3) is 0.316. The number of ketones is 1. The number of rotatable bonds is 4. The number of benzene rings is 2. The lowest BCUT2D eigenvalue weighted by atomic mass is 9.85. The molecule has 0 saturated heterocycles. The van der Waals surface area contributed by atoms with Gasteiger partial charge in [-0.3, -0.25) is 4.79 Å². The van der Waals surface area contributed by atoms with E-state index in [4.69, 9.17) is 0 Å². The maximum Gasteiger partial charge on any atom is 0.163 e. The van der Waals surface area contributed by atoms with E-state index in [0.29, 0.717) is 5.78 Å². The molecule has 0 N–H and O–H groups in total. The van der Waals surface area contributed by atoms with Crippen molar-refractivity contribution < 1.29 is 4.79 Å². The van der Waals surface area contributed by atoms with Crippen molar-refractivity contribution in [3.8, 4) is 0 Å². The molecule has 2 aromatic rings. The van der Waals surface area contributed by atoms with Crippen molar-refractivity contribution in [2.24, 2.45) is 0 Å². The van der Waals surface area contributed by atoms with Crippen molar-refractivity contribution in [1.29, 1.82) is 0 Å². The highest BCUT2D eigenvalue weighted by atomic mass is 16.1. The number of Topliss-reactive ketones (excluding diaryl/α,β-unsaturated/α-hetero) is 1. The molecule has 3 rings (SSSR count). The zero-order valence-electron chi connectivity index (χ0n) is 11.8. The Morgan fingerprint density at radius 1 is 0.850 bits per heavy atom. The summed E-state index contributed by atoms with van der Waals surface area (Å²) in [6.45, 7) is 0. The zero-order chi connectivity index (χ0) is 13.8. The smallest absolute Gasteiger partial charge is 0.163 e. The van der Waals surface area contributed by atoms with Crippen LogP contribution in [0, 0.1) is 0 Å². The number of carbonyl (C=O) groups is 1. The fourth-order valence-corrected chi connectivity index (χ4v) is 3.12. The maximum atomic E-state index is 12.1. The van der Waals surface area contributed by atoms with Gasteiger partial charge in [-0.05, 0) is 48.8 Å². The van der Waals surface area contributed by atoms with Gasteiger partial charge in [0.25, 0.3) is 0 Å². The Morgan fingerprint density at radius 3 is 2.55 bits per heavy atom. The second kappa shape index (κ2) is 6.04. The Balaban J connectivity index is 1.70. The molecule has 0 spiro atoms. The first-order chi connectivity index (χ1) is 9.84. The average molecular weight is 264 g/mol. The van der Waals surface area contributed by atoms with Gasteiger partial charge in [-0.25, -0.2) is 0 Å². The van der Waals surface area contributed by atoms with Crippen LogP contribution in [-0.2, 0) is 19.3 Å². The minimum Gasteiger partial charge on any atom is -0.294 e. The molecule has 0 fully saturated rings. The lowest BCUT2D eigenvalue weighted by Gasteiger charge is -2.18. The van der Waals surface area contributed by atoms with Gasteiger partial charge in [-0.15, -0.1) is 0 Å². The van der Waals surface area contributed by atoms with E-state index in [-0.39, 0.29) is 0 Å². The van der Waals surface area contributed by atoms with Gasteiger partial charge in [0.15, 0.2) is 5.78 Å². The highest BCUT2D eigenvalue weighted by Crippen LogP contribution is 2.25. The lowest BCUT2D eigenvalue weighted by Crippen LogP contribution is -2.13. The van der Waals surface area contributed by atoms with Crippen LogP contribution in [0.4, 0.5) is 0 Å². The van der Waals surface area contributed by atoms with Crippen LogP contribution < -0.4 is 0 Å². The first kappa shape index (κ1) is 13.1. The third kappa shape index (κ3) is 2.82. The van der Waals surface area contributed by atoms with Crippen molar-refractivity contribution in [3.05, 3.63) is 70.8 Å². The predicted octanol–water partition coefficient (Wildman–Crippen LogP) is 4.38. The van der Waals surface area contributed by atoms with Crippen molar-refractivity contribution >= 4 is 5.78 Å². The van der Waals surface area contributed by atoms with Crippen molar-refractivity contribution in [1.82, 2.24) is 0 Å². The van der Waals surface area contributed by atoms with E-state index in [9.17, 15) is 4.79 Å². The first-order valence-electron chi connectivity index (χ1n) is 7.52. The van der Waals surface area contributed by atoms with E-state index in [0.717, 1.165) is 44.1 Å². The summed E-state index contributed by atoms with van der Waals surface area (Å²) in [6.07, 6.45) is 5.99. The molecular weight excluding hydrogens is 244 g/mol. The summed E-state index contributed by atoms with van der Waals surface area (Å²) in [5.74, 6) is 0.349. The largest absolute Gasteiger partial charge is 0.294 e.